The van der Waals surface area contributed by atoms with Crippen molar-refractivity contribution in [1.82, 2.24) is 15.0 Å². The summed E-state index contributed by atoms with van der Waals surface area (Å²) in [4.78, 5) is 26.3. The first kappa shape index (κ1) is 25.6. The van der Waals surface area contributed by atoms with Crippen LogP contribution in [-0.4, -0.2) is 26.9 Å². The number of carbonyl (C=O) groups is 1. The highest BCUT2D eigenvalue weighted by Gasteiger charge is 2.17. The van der Waals surface area contributed by atoms with E-state index < -0.39 is 6.04 Å². The smallest absolute Gasteiger partial charge is 0.246 e. The number of anilines is 6. The monoisotopic (exact) mass is 499 g/mol. The van der Waals surface area contributed by atoms with E-state index in [2.05, 4.69) is 48.4 Å². The number of amides is 1. The molecule has 4 aromatic rings. The van der Waals surface area contributed by atoms with Crippen molar-refractivity contribution in [2.75, 3.05) is 21.3 Å². The minimum Gasteiger partial charge on any atom is -0.342 e. The van der Waals surface area contributed by atoms with Gasteiger partial charge in [0.1, 0.15) is 11.9 Å². The molecule has 0 saturated carbocycles. The number of nitrogens with zero attached hydrogens (tertiary/aromatic N) is 3. The fraction of sp³-hybridized carbons (Fsp3) is 0.214. The molecule has 9 heteroatoms. The minimum atomic E-state index is -0.685. The van der Waals surface area contributed by atoms with Crippen molar-refractivity contribution < 1.29 is 9.18 Å². The molecule has 0 saturated heterocycles. The summed E-state index contributed by atoms with van der Waals surface area (Å²) in [5.74, 6) is 0.170. The van der Waals surface area contributed by atoms with Crippen LogP contribution in [0.25, 0.3) is 0 Å². The Hall–Kier alpha value is -4.53. The first-order valence-electron chi connectivity index (χ1n) is 11.9. The van der Waals surface area contributed by atoms with Gasteiger partial charge in [0.25, 0.3) is 0 Å². The van der Waals surface area contributed by atoms with E-state index in [9.17, 15) is 9.18 Å². The van der Waals surface area contributed by atoms with Crippen LogP contribution in [0.3, 0.4) is 0 Å². The van der Waals surface area contributed by atoms with Crippen LogP contribution >= 0.6 is 0 Å². The van der Waals surface area contributed by atoms with Gasteiger partial charge in [0.15, 0.2) is 0 Å². The summed E-state index contributed by atoms with van der Waals surface area (Å²) in [6, 6.07) is 17.0. The number of nitrogens with one attached hydrogen (secondary N) is 4. The third-order valence-corrected chi connectivity index (χ3v) is 5.74. The largest absolute Gasteiger partial charge is 0.342 e. The van der Waals surface area contributed by atoms with Crippen molar-refractivity contribution in [1.29, 1.82) is 0 Å². The summed E-state index contributed by atoms with van der Waals surface area (Å²) in [5, 5.41) is 12.3. The van der Waals surface area contributed by atoms with E-state index in [1.54, 1.807) is 6.92 Å². The maximum absolute atomic E-state index is 13.2. The van der Waals surface area contributed by atoms with Gasteiger partial charge < -0.3 is 21.3 Å². The number of carbonyl (C=O) groups excluding carboxylic acids is 1. The molecule has 1 aromatic heterocycles. The summed E-state index contributed by atoms with van der Waals surface area (Å²) < 4.78 is 13.2. The fourth-order valence-corrected chi connectivity index (χ4v) is 3.74. The molecule has 1 amide bonds. The second kappa shape index (κ2) is 11.0. The van der Waals surface area contributed by atoms with Crippen molar-refractivity contribution in [3.05, 3.63) is 88.7 Å². The predicted octanol–water partition coefficient (Wildman–Crippen LogP) is 6.17. The molecule has 0 fully saturated rings. The summed E-state index contributed by atoms with van der Waals surface area (Å²) in [5.41, 5.74) is 6.62. The summed E-state index contributed by atoms with van der Waals surface area (Å²) in [7, 11) is 0. The molecule has 0 aliphatic rings. The quantitative estimate of drug-likeness (QED) is 0.230. The lowest BCUT2D eigenvalue weighted by molar-refractivity contribution is -0.116. The van der Waals surface area contributed by atoms with Gasteiger partial charge in [-0.05, 0) is 82.1 Å². The van der Waals surface area contributed by atoms with Gasteiger partial charge in [-0.1, -0.05) is 35.4 Å². The topological polar surface area (TPSA) is 104 Å². The lowest BCUT2D eigenvalue weighted by Crippen LogP contribution is -2.32. The Kier molecular flexibility index (Phi) is 7.62. The third-order valence-electron chi connectivity index (χ3n) is 5.74. The van der Waals surface area contributed by atoms with Gasteiger partial charge >= 0.3 is 0 Å². The van der Waals surface area contributed by atoms with Crippen LogP contribution in [0.2, 0.25) is 0 Å². The molecule has 37 heavy (non-hydrogen) atoms. The van der Waals surface area contributed by atoms with Crippen molar-refractivity contribution in [2.24, 2.45) is 0 Å². The molecular weight excluding hydrogens is 469 g/mol. The molecule has 4 N–H and O–H groups in total. The maximum Gasteiger partial charge on any atom is 0.246 e. The van der Waals surface area contributed by atoms with Crippen LogP contribution in [0, 0.1) is 33.5 Å². The van der Waals surface area contributed by atoms with E-state index in [0.29, 0.717) is 17.6 Å². The summed E-state index contributed by atoms with van der Waals surface area (Å²) in [6.45, 7) is 9.77. The van der Waals surface area contributed by atoms with E-state index in [4.69, 9.17) is 0 Å². The van der Waals surface area contributed by atoms with Gasteiger partial charge in [0.2, 0.25) is 23.8 Å². The molecule has 8 nitrogen and oxygen atoms in total. The van der Waals surface area contributed by atoms with Crippen molar-refractivity contribution in [3.8, 4) is 0 Å². The van der Waals surface area contributed by atoms with Gasteiger partial charge in [0.05, 0.1) is 0 Å². The molecule has 0 bridgehead atoms. The molecule has 0 aliphatic heterocycles. The molecular formula is C28H30FN7O. The number of hydrogen-bond acceptors (Lipinski definition) is 7. The van der Waals surface area contributed by atoms with E-state index in [0.717, 1.165) is 33.6 Å². The SMILES string of the molecule is Cc1ccc(Nc2nc(Nc3ccc(C)cc3C)nc(N[C@H](C)C(=O)Nc3ccc(F)cc3)n2)c(C)c1. The van der Waals surface area contributed by atoms with E-state index in [1.165, 1.54) is 24.3 Å². The molecule has 0 spiro atoms. The molecule has 0 unspecified atom stereocenters. The number of halogens is 1. The number of aryl methyl sites for hydroxylation is 4. The van der Waals surface area contributed by atoms with E-state index in [-0.39, 0.29) is 17.7 Å². The van der Waals surface area contributed by atoms with Gasteiger partial charge in [-0.2, -0.15) is 15.0 Å². The average molecular weight is 500 g/mol. The van der Waals surface area contributed by atoms with Gasteiger partial charge in [-0.25, -0.2) is 4.39 Å². The van der Waals surface area contributed by atoms with Gasteiger partial charge in [-0.15, -0.1) is 0 Å². The number of hydrogen-bond donors (Lipinski definition) is 4. The van der Waals surface area contributed by atoms with E-state index >= 15 is 0 Å². The molecule has 0 aliphatic carbocycles. The first-order valence-corrected chi connectivity index (χ1v) is 11.9. The van der Waals surface area contributed by atoms with Gasteiger partial charge in [0, 0.05) is 17.1 Å². The highest BCUT2D eigenvalue weighted by Crippen LogP contribution is 2.24. The second-order valence-corrected chi connectivity index (χ2v) is 9.06. The van der Waals surface area contributed by atoms with Crippen LogP contribution in [-0.2, 0) is 4.79 Å². The third kappa shape index (κ3) is 6.78. The Bertz CT molecular complexity index is 1350. The van der Waals surface area contributed by atoms with Crippen LogP contribution in [0.15, 0.2) is 60.7 Å². The molecule has 1 heterocycles. The summed E-state index contributed by atoms with van der Waals surface area (Å²) in [6.07, 6.45) is 0. The van der Waals surface area contributed by atoms with Crippen molar-refractivity contribution in [3.63, 3.8) is 0 Å². The Balaban J connectivity index is 1.59. The normalized spacial score (nSPS) is 11.5. The Morgan fingerprint density at radius 1 is 0.730 bits per heavy atom. The number of aromatic nitrogens is 3. The minimum absolute atomic E-state index is 0.219. The Morgan fingerprint density at radius 3 is 1.70 bits per heavy atom. The zero-order chi connectivity index (χ0) is 26.5. The number of benzene rings is 3. The predicted molar refractivity (Wildman–Crippen MR) is 146 cm³/mol. The van der Waals surface area contributed by atoms with Crippen LogP contribution in [0.1, 0.15) is 29.2 Å². The van der Waals surface area contributed by atoms with Crippen LogP contribution in [0.4, 0.5) is 39.3 Å². The standard InChI is InChI=1S/C28H30FN7O/c1-16-6-12-23(18(3)14-16)32-27-34-26(30-20(5)25(37)31-22-10-8-21(29)9-11-22)35-28(36-27)33-24-13-7-17(2)15-19(24)4/h6-15,20H,1-5H3,(H,31,37)(H3,30,32,33,34,35,36)/t20-/m1/s1. The fourth-order valence-electron chi connectivity index (χ4n) is 3.74. The highest BCUT2D eigenvalue weighted by molar-refractivity contribution is 5.96. The highest BCUT2D eigenvalue weighted by atomic mass is 19.1. The van der Waals surface area contributed by atoms with Crippen molar-refractivity contribution in [2.45, 2.75) is 40.7 Å². The van der Waals surface area contributed by atoms with E-state index in [1.807, 2.05) is 52.0 Å². The lowest BCUT2D eigenvalue weighted by atomic mass is 10.1. The molecule has 0 radical (unpaired) electrons. The lowest BCUT2D eigenvalue weighted by Gasteiger charge is -2.17. The number of rotatable bonds is 8. The van der Waals surface area contributed by atoms with Gasteiger partial charge in [-0.3, -0.25) is 4.79 Å². The molecule has 3 aromatic carbocycles. The Labute approximate surface area is 215 Å². The summed E-state index contributed by atoms with van der Waals surface area (Å²) >= 11 is 0. The average Bonchev–Trinajstić information content (AvgIpc) is 2.84. The Morgan fingerprint density at radius 2 is 1.22 bits per heavy atom. The van der Waals surface area contributed by atoms with Crippen LogP contribution < -0.4 is 21.3 Å². The maximum atomic E-state index is 13.2. The second-order valence-electron chi connectivity index (χ2n) is 9.06. The zero-order valence-corrected chi connectivity index (χ0v) is 21.5. The first-order chi connectivity index (χ1) is 17.7. The van der Waals surface area contributed by atoms with Crippen molar-refractivity contribution >= 4 is 40.8 Å². The molecule has 4 rings (SSSR count). The van der Waals surface area contributed by atoms with Crippen LogP contribution in [0.5, 0.6) is 0 Å². The molecule has 190 valence electrons. The zero-order valence-electron chi connectivity index (χ0n) is 21.5. The molecule has 1 atom stereocenters.